The molecule has 0 radical (unpaired) electrons. The van der Waals surface area contributed by atoms with Crippen molar-refractivity contribution in [3.63, 3.8) is 0 Å². The average molecular weight is 225 g/mol. The molecular formula is C11H19N3O2. The Labute approximate surface area is 95.1 Å². The molecule has 0 heterocycles. The summed E-state index contributed by atoms with van der Waals surface area (Å²) in [4.78, 5) is 12.2. The summed E-state index contributed by atoms with van der Waals surface area (Å²) in [6, 6.07) is 0. The van der Waals surface area contributed by atoms with Gasteiger partial charge in [-0.3, -0.25) is 4.79 Å². The van der Waals surface area contributed by atoms with E-state index in [9.17, 15) is 4.79 Å². The number of nitrogens with zero attached hydrogens (tertiary/aromatic N) is 1. The summed E-state index contributed by atoms with van der Waals surface area (Å²) >= 11 is 0. The molecule has 5 heteroatoms. The molecule has 90 valence electrons. The molecule has 0 aromatic heterocycles. The normalized spacial score (nSPS) is 26.4. The maximum Gasteiger partial charge on any atom is 0.234 e. The number of oxime groups is 1. The molecule has 0 bridgehead atoms. The second kappa shape index (κ2) is 3.64. The number of carbonyl (C=O) groups excluding carboxylic acids is 1. The van der Waals surface area contributed by atoms with Crippen LogP contribution in [0.1, 0.15) is 45.4 Å². The van der Waals surface area contributed by atoms with Crippen LogP contribution in [0.15, 0.2) is 5.16 Å². The molecule has 2 saturated carbocycles. The first-order valence-corrected chi connectivity index (χ1v) is 5.83. The molecule has 1 amide bonds. The van der Waals surface area contributed by atoms with Crippen LogP contribution in [0.4, 0.5) is 0 Å². The molecular weight excluding hydrogens is 206 g/mol. The Morgan fingerprint density at radius 2 is 1.88 bits per heavy atom. The summed E-state index contributed by atoms with van der Waals surface area (Å²) in [6.45, 7) is 2.05. The van der Waals surface area contributed by atoms with Crippen molar-refractivity contribution in [2.24, 2.45) is 16.3 Å². The average Bonchev–Trinajstić information content (AvgIpc) is 2.13. The largest absolute Gasteiger partial charge is 0.409 e. The third kappa shape index (κ3) is 1.54. The van der Waals surface area contributed by atoms with Gasteiger partial charge in [-0.15, -0.1) is 0 Å². The molecule has 5 nitrogen and oxygen atoms in total. The maximum atomic E-state index is 12.2. The Morgan fingerprint density at radius 3 is 2.19 bits per heavy atom. The lowest BCUT2D eigenvalue weighted by molar-refractivity contribution is -0.134. The van der Waals surface area contributed by atoms with E-state index in [0.717, 1.165) is 25.7 Å². The Balaban J connectivity index is 2.07. The molecule has 2 aliphatic rings. The minimum atomic E-state index is -0.743. The van der Waals surface area contributed by atoms with Gasteiger partial charge in [-0.25, -0.2) is 0 Å². The maximum absolute atomic E-state index is 12.2. The van der Waals surface area contributed by atoms with Gasteiger partial charge < -0.3 is 16.3 Å². The smallest absolute Gasteiger partial charge is 0.234 e. The predicted molar refractivity (Wildman–Crippen MR) is 60.1 cm³/mol. The highest BCUT2D eigenvalue weighted by atomic mass is 16.4. The molecule has 0 aliphatic heterocycles. The Kier molecular flexibility index (Phi) is 2.56. The molecule has 0 saturated heterocycles. The lowest BCUT2D eigenvalue weighted by Gasteiger charge is -2.45. The number of hydrogen-bond donors (Lipinski definition) is 3. The molecule has 16 heavy (non-hydrogen) atoms. The van der Waals surface area contributed by atoms with Crippen molar-refractivity contribution in [3.05, 3.63) is 0 Å². The van der Waals surface area contributed by atoms with Crippen LogP contribution in [0.5, 0.6) is 0 Å². The summed E-state index contributed by atoms with van der Waals surface area (Å²) < 4.78 is 0. The number of hydrogen-bond acceptors (Lipinski definition) is 3. The monoisotopic (exact) mass is 225 g/mol. The van der Waals surface area contributed by atoms with Crippen LogP contribution in [0.2, 0.25) is 0 Å². The van der Waals surface area contributed by atoms with Crippen molar-refractivity contribution in [1.82, 2.24) is 5.32 Å². The Morgan fingerprint density at radius 1 is 1.31 bits per heavy atom. The van der Waals surface area contributed by atoms with E-state index in [1.165, 1.54) is 0 Å². The fourth-order valence-electron chi connectivity index (χ4n) is 2.45. The van der Waals surface area contributed by atoms with E-state index in [-0.39, 0.29) is 17.3 Å². The number of nitrogens with two attached hydrogens (primary N) is 1. The minimum Gasteiger partial charge on any atom is -0.409 e. The Bertz CT molecular complexity index is 330. The van der Waals surface area contributed by atoms with E-state index in [0.29, 0.717) is 12.8 Å². The predicted octanol–water partition coefficient (Wildman–Crippen LogP) is 0.962. The summed E-state index contributed by atoms with van der Waals surface area (Å²) in [7, 11) is 0. The van der Waals surface area contributed by atoms with Crippen molar-refractivity contribution in [3.8, 4) is 0 Å². The summed E-state index contributed by atoms with van der Waals surface area (Å²) in [5.74, 6) is -0.0181. The topological polar surface area (TPSA) is 87.7 Å². The first kappa shape index (κ1) is 11.2. The molecule has 0 aromatic rings. The van der Waals surface area contributed by atoms with Gasteiger partial charge in [0.05, 0.1) is 0 Å². The van der Waals surface area contributed by atoms with Gasteiger partial charge in [0.1, 0.15) is 5.41 Å². The van der Waals surface area contributed by atoms with Gasteiger partial charge in [0.25, 0.3) is 0 Å². The van der Waals surface area contributed by atoms with Crippen LogP contribution >= 0.6 is 0 Å². The number of rotatable bonds is 3. The highest BCUT2D eigenvalue weighted by Gasteiger charge is 2.50. The zero-order valence-corrected chi connectivity index (χ0v) is 9.62. The molecule has 4 N–H and O–H groups in total. The minimum absolute atomic E-state index is 0.0548. The zero-order valence-electron chi connectivity index (χ0n) is 9.62. The van der Waals surface area contributed by atoms with Crippen molar-refractivity contribution >= 4 is 11.7 Å². The van der Waals surface area contributed by atoms with Crippen molar-refractivity contribution in [2.75, 3.05) is 0 Å². The standard InChI is InChI=1S/C11H19N3O2/c1-10(4-2-5-10)13-9(15)11(6-3-7-11)8(12)14-16/h16H,2-7H2,1H3,(H2,12,14)(H,13,15). The van der Waals surface area contributed by atoms with E-state index in [1.807, 2.05) is 6.92 Å². The number of amidine groups is 1. The highest BCUT2D eigenvalue weighted by molar-refractivity contribution is 6.07. The molecule has 0 spiro atoms. The summed E-state index contributed by atoms with van der Waals surface area (Å²) in [6.07, 6.45) is 5.53. The van der Waals surface area contributed by atoms with E-state index in [4.69, 9.17) is 10.9 Å². The lowest BCUT2D eigenvalue weighted by Crippen LogP contribution is -2.60. The molecule has 2 rings (SSSR count). The van der Waals surface area contributed by atoms with Crippen LogP contribution in [-0.4, -0.2) is 22.5 Å². The van der Waals surface area contributed by atoms with Crippen LogP contribution in [0, 0.1) is 5.41 Å². The van der Waals surface area contributed by atoms with Gasteiger partial charge in [-0.1, -0.05) is 11.6 Å². The second-order valence-corrected chi connectivity index (χ2v) is 5.29. The number of carbonyl (C=O) groups is 1. The third-order valence-electron chi connectivity index (χ3n) is 4.11. The third-order valence-corrected chi connectivity index (χ3v) is 4.11. The second-order valence-electron chi connectivity index (χ2n) is 5.29. The molecule has 2 fully saturated rings. The van der Waals surface area contributed by atoms with Gasteiger partial charge in [0.2, 0.25) is 5.91 Å². The van der Waals surface area contributed by atoms with Gasteiger partial charge in [-0.05, 0) is 39.0 Å². The van der Waals surface area contributed by atoms with Gasteiger partial charge in [0.15, 0.2) is 5.84 Å². The van der Waals surface area contributed by atoms with Gasteiger partial charge in [0, 0.05) is 5.54 Å². The van der Waals surface area contributed by atoms with Crippen molar-refractivity contribution < 1.29 is 10.0 Å². The number of amides is 1. The number of nitrogens with one attached hydrogen (secondary N) is 1. The molecule has 0 aromatic carbocycles. The van der Waals surface area contributed by atoms with Gasteiger partial charge >= 0.3 is 0 Å². The van der Waals surface area contributed by atoms with Crippen LogP contribution in [0.25, 0.3) is 0 Å². The first-order valence-electron chi connectivity index (χ1n) is 5.83. The van der Waals surface area contributed by atoms with Gasteiger partial charge in [-0.2, -0.15) is 0 Å². The van der Waals surface area contributed by atoms with Crippen molar-refractivity contribution in [1.29, 1.82) is 0 Å². The SMILES string of the molecule is CC1(NC(=O)C2(C(N)=NO)CCC2)CCC1. The van der Waals surface area contributed by atoms with E-state index >= 15 is 0 Å². The zero-order chi connectivity index (χ0) is 11.8. The quantitative estimate of drug-likeness (QED) is 0.289. The fraction of sp³-hybridized carbons (Fsp3) is 0.818. The van der Waals surface area contributed by atoms with E-state index in [2.05, 4.69) is 10.5 Å². The summed E-state index contributed by atoms with van der Waals surface area (Å²) in [5, 5.41) is 14.8. The molecule has 2 aliphatic carbocycles. The van der Waals surface area contributed by atoms with Crippen LogP contribution in [-0.2, 0) is 4.79 Å². The summed E-state index contributed by atoms with van der Waals surface area (Å²) in [5.41, 5.74) is 4.81. The van der Waals surface area contributed by atoms with E-state index in [1.54, 1.807) is 0 Å². The van der Waals surface area contributed by atoms with Crippen LogP contribution in [0.3, 0.4) is 0 Å². The fourth-order valence-corrected chi connectivity index (χ4v) is 2.45. The lowest BCUT2D eigenvalue weighted by atomic mass is 9.66. The molecule has 0 unspecified atom stereocenters. The molecule has 0 atom stereocenters. The highest BCUT2D eigenvalue weighted by Crippen LogP contribution is 2.43. The first-order chi connectivity index (χ1) is 7.52. The Hall–Kier alpha value is -1.26. The van der Waals surface area contributed by atoms with Crippen LogP contribution < -0.4 is 11.1 Å². The van der Waals surface area contributed by atoms with Crippen molar-refractivity contribution in [2.45, 2.75) is 51.0 Å². The van der Waals surface area contributed by atoms with E-state index < -0.39 is 5.41 Å².